The molecular formula is C21H33N3O. The number of carbonyl (C=O) groups excluding carboxylic acids is 1. The largest absolute Gasteiger partial charge is 0.369 e. The molecule has 0 aromatic heterocycles. The lowest BCUT2D eigenvalue weighted by atomic mass is 9.79. The molecule has 0 spiro atoms. The second-order valence-electron chi connectivity index (χ2n) is 7.81. The van der Waals surface area contributed by atoms with Gasteiger partial charge < -0.3 is 10.2 Å². The number of rotatable bonds is 6. The molecule has 4 nitrogen and oxygen atoms in total. The van der Waals surface area contributed by atoms with Crippen molar-refractivity contribution < 1.29 is 4.79 Å². The molecule has 2 aliphatic rings. The summed E-state index contributed by atoms with van der Waals surface area (Å²) in [4.78, 5) is 17.3. The first kappa shape index (κ1) is 18.2. The van der Waals surface area contributed by atoms with E-state index in [9.17, 15) is 4.79 Å². The Balaban J connectivity index is 1.44. The van der Waals surface area contributed by atoms with Gasteiger partial charge in [0.05, 0.1) is 5.41 Å². The van der Waals surface area contributed by atoms with E-state index in [1.807, 2.05) is 0 Å². The van der Waals surface area contributed by atoms with Gasteiger partial charge in [-0.3, -0.25) is 9.69 Å². The van der Waals surface area contributed by atoms with Gasteiger partial charge in [0, 0.05) is 44.5 Å². The van der Waals surface area contributed by atoms with Gasteiger partial charge in [-0.15, -0.1) is 0 Å². The van der Waals surface area contributed by atoms with Crippen LogP contribution in [-0.4, -0.2) is 49.6 Å². The highest BCUT2D eigenvalue weighted by molar-refractivity contribution is 5.85. The first-order chi connectivity index (χ1) is 12.1. The van der Waals surface area contributed by atoms with Crippen LogP contribution in [0.15, 0.2) is 24.3 Å². The molecule has 0 bridgehead atoms. The van der Waals surface area contributed by atoms with E-state index >= 15 is 0 Å². The van der Waals surface area contributed by atoms with Crippen LogP contribution in [0.3, 0.4) is 0 Å². The maximum atomic E-state index is 12.3. The van der Waals surface area contributed by atoms with Crippen molar-refractivity contribution in [2.24, 2.45) is 5.41 Å². The van der Waals surface area contributed by atoms with Crippen molar-refractivity contribution in [3.63, 3.8) is 0 Å². The average Bonchev–Trinajstić information content (AvgIpc) is 2.97. The van der Waals surface area contributed by atoms with E-state index in [1.165, 1.54) is 11.3 Å². The zero-order valence-electron chi connectivity index (χ0n) is 16.1. The molecule has 1 atom stereocenters. The monoisotopic (exact) mass is 343 g/mol. The molecule has 25 heavy (non-hydrogen) atoms. The van der Waals surface area contributed by atoms with E-state index in [4.69, 9.17) is 0 Å². The van der Waals surface area contributed by atoms with Gasteiger partial charge in [-0.2, -0.15) is 0 Å². The summed E-state index contributed by atoms with van der Waals surface area (Å²) in [6.07, 6.45) is 4.02. The third-order valence-corrected chi connectivity index (χ3v) is 6.37. The molecule has 0 aliphatic carbocycles. The summed E-state index contributed by atoms with van der Waals surface area (Å²) in [6.45, 7) is 11.9. The maximum Gasteiger partial charge on any atom is 0.226 e. The molecule has 1 unspecified atom stereocenters. The van der Waals surface area contributed by atoms with Crippen LogP contribution < -0.4 is 10.2 Å². The maximum absolute atomic E-state index is 12.3. The minimum Gasteiger partial charge on any atom is -0.369 e. The molecular weight excluding hydrogens is 310 g/mol. The Morgan fingerprint density at radius 1 is 1.08 bits per heavy atom. The summed E-state index contributed by atoms with van der Waals surface area (Å²) in [7, 11) is 0. The van der Waals surface area contributed by atoms with Crippen LogP contribution >= 0.6 is 0 Å². The third-order valence-electron chi connectivity index (χ3n) is 6.37. The minimum atomic E-state index is -0.102. The highest BCUT2D eigenvalue weighted by Gasteiger charge is 2.43. The van der Waals surface area contributed by atoms with Crippen molar-refractivity contribution >= 4 is 11.6 Å². The molecule has 1 amide bonds. The first-order valence-electron chi connectivity index (χ1n) is 9.91. The summed E-state index contributed by atoms with van der Waals surface area (Å²) in [6, 6.07) is 9.21. The fourth-order valence-corrected chi connectivity index (χ4v) is 4.31. The normalized spacial score (nSPS) is 23.7. The zero-order chi connectivity index (χ0) is 17.9. The van der Waals surface area contributed by atoms with Gasteiger partial charge >= 0.3 is 0 Å². The molecule has 2 saturated heterocycles. The molecule has 1 N–H and O–H groups in total. The standard InChI is InChI=1S/C21H33N3O/c1-4-21(5-2)16-18(22-20(21)25)10-11-23-12-14-24(15-13-23)19-8-6-17(3)7-9-19/h6-9,18H,4-5,10-16H2,1-3H3,(H,22,25). The van der Waals surface area contributed by atoms with Gasteiger partial charge in [-0.1, -0.05) is 31.5 Å². The number of piperazine rings is 1. The topological polar surface area (TPSA) is 35.6 Å². The van der Waals surface area contributed by atoms with Gasteiger partial charge in [0.25, 0.3) is 0 Å². The van der Waals surface area contributed by atoms with E-state index < -0.39 is 0 Å². The van der Waals surface area contributed by atoms with Gasteiger partial charge in [0.2, 0.25) is 5.91 Å². The first-order valence-corrected chi connectivity index (χ1v) is 9.91. The van der Waals surface area contributed by atoms with E-state index in [0.29, 0.717) is 6.04 Å². The minimum absolute atomic E-state index is 0.102. The van der Waals surface area contributed by atoms with E-state index in [-0.39, 0.29) is 11.3 Å². The molecule has 2 aliphatic heterocycles. The van der Waals surface area contributed by atoms with Crippen LogP contribution in [0.25, 0.3) is 0 Å². The second kappa shape index (κ2) is 7.77. The highest BCUT2D eigenvalue weighted by Crippen LogP contribution is 2.37. The zero-order valence-corrected chi connectivity index (χ0v) is 16.1. The predicted molar refractivity (Wildman–Crippen MR) is 104 cm³/mol. The molecule has 2 fully saturated rings. The smallest absolute Gasteiger partial charge is 0.226 e. The molecule has 0 saturated carbocycles. The van der Waals surface area contributed by atoms with Crippen LogP contribution in [0.1, 0.15) is 45.1 Å². The Kier molecular flexibility index (Phi) is 5.67. The number of hydrogen-bond donors (Lipinski definition) is 1. The van der Waals surface area contributed by atoms with Gasteiger partial charge in [0.1, 0.15) is 0 Å². The molecule has 3 rings (SSSR count). The van der Waals surface area contributed by atoms with Crippen LogP contribution in [0.5, 0.6) is 0 Å². The van der Waals surface area contributed by atoms with Crippen molar-refractivity contribution in [1.29, 1.82) is 0 Å². The Morgan fingerprint density at radius 2 is 1.72 bits per heavy atom. The van der Waals surface area contributed by atoms with Crippen molar-refractivity contribution in [2.75, 3.05) is 37.6 Å². The number of aryl methyl sites for hydroxylation is 1. The molecule has 1 aromatic rings. The van der Waals surface area contributed by atoms with Gasteiger partial charge in [-0.25, -0.2) is 0 Å². The van der Waals surface area contributed by atoms with Crippen molar-refractivity contribution in [1.82, 2.24) is 10.2 Å². The summed E-state index contributed by atoms with van der Waals surface area (Å²) in [5.41, 5.74) is 2.55. The van der Waals surface area contributed by atoms with Crippen molar-refractivity contribution in [3.8, 4) is 0 Å². The summed E-state index contributed by atoms with van der Waals surface area (Å²) in [5.74, 6) is 0.284. The fraction of sp³-hybridized carbons (Fsp3) is 0.667. The van der Waals surface area contributed by atoms with Gasteiger partial charge in [-0.05, 0) is 44.7 Å². The number of hydrogen-bond acceptors (Lipinski definition) is 3. The summed E-state index contributed by atoms with van der Waals surface area (Å²) >= 11 is 0. The molecule has 1 aromatic carbocycles. The highest BCUT2D eigenvalue weighted by atomic mass is 16.2. The molecule has 4 heteroatoms. The number of benzene rings is 1. The number of nitrogens with one attached hydrogen (secondary N) is 1. The lowest BCUT2D eigenvalue weighted by Gasteiger charge is -2.36. The number of anilines is 1. The lowest BCUT2D eigenvalue weighted by Crippen LogP contribution is -2.47. The van der Waals surface area contributed by atoms with Crippen LogP contribution in [-0.2, 0) is 4.79 Å². The lowest BCUT2D eigenvalue weighted by molar-refractivity contribution is -0.128. The van der Waals surface area contributed by atoms with Crippen molar-refractivity contribution in [2.45, 2.75) is 52.5 Å². The number of carbonyl (C=O) groups is 1. The Labute approximate surface area is 152 Å². The number of nitrogens with zero attached hydrogens (tertiary/aromatic N) is 2. The summed E-state index contributed by atoms with van der Waals surface area (Å²) < 4.78 is 0. The second-order valence-corrected chi connectivity index (χ2v) is 7.81. The Bertz CT molecular complexity index is 571. The van der Waals surface area contributed by atoms with Gasteiger partial charge in [0.15, 0.2) is 0 Å². The van der Waals surface area contributed by atoms with Crippen LogP contribution in [0, 0.1) is 12.3 Å². The van der Waals surface area contributed by atoms with Crippen LogP contribution in [0.4, 0.5) is 5.69 Å². The summed E-state index contributed by atoms with van der Waals surface area (Å²) in [5, 5.41) is 3.25. The van der Waals surface area contributed by atoms with E-state index in [1.54, 1.807) is 0 Å². The van der Waals surface area contributed by atoms with Crippen LogP contribution in [0.2, 0.25) is 0 Å². The SMILES string of the molecule is CCC1(CC)CC(CCN2CCN(c3ccc(C)cc3)CC2)NC1=O. The number of amides is 1. The Morgan fingerprint density at radius 3 is 2.28 bits per heavy atom. The molecule has 2 heterocycles. The molecule has 0 radical (unpaired) electrons. The molecule has 138 valence electrons. The third kappa shape index (κ3) is 4.00. The average molecular weight is 344 g/mol. The fourth-order valence-electron chi connectivity index (χ4n) is 4.31. The van der Waals surface area contributed by atoms with E-state index in [0.717, 1.165) is 58.4 Å². The van der Waals surface area contributed by atoms with Crippen molar-refractivity contribution in [3.05, 3.63) is 29.8 Å². The van der Waals surface area contributed by atoms with E-state index in [2.05, 4.69) is 60.2 Å². The predicted octanol–water partition coefficient (Wildman–Crippen LogP) is 3.20. The quantitative estimate of drug-likeness (QED) is 0.861. The Hall–Kier alpha value is -1.55.